The monoisotopic (exact) mass is 502 g/mol. The number of carbonyl (C=O) groups excluding carboxylic acids is 2. The molecule has 204 valence electrons. The van der Waals surface area contributed by atoms with Crippen LogP contribution in [0.15, 0.2) is 50.6 Å². The summed E-state index contributed by atoms with van der Waals surface area (Å²) in [5.74, 6) is 0.656. The van der Waals surface area contributed by atoms with Crippen molar-refractivity contribution in [3.8, 4) is 0 Å². The highest BCUT2D eigenvalue weighted by Gasteiger charge is 1.94. The minimum absolute atomic E-state index is 0.00755. The molecule has 0 heterocycles. The third kappa shape index (κ3) is 98.2. The molecule has 34 heavy (non-hydrogen) atoms. The number of thiol groups is 1. The molecule has 6 nitrogen and oxygen atoms in total. The first-order valence-electron chi connectivity index (χ1n) is 12.4. The average Bonchev–Trinajstić information content (AvgIpc) is 2.87. The van der Waals surface area contributed by atoms with Gasteiger partial charge in [0.25, 0.3) is 0 Å². The lowest BCUT2D eigenvalue weighted by molar-refractivity contribution is -0.122. The molecule has 0 aliphatic heterocycles. The summed E-state index contributed by atoms with van der Waals surface area (Å²) in [4.78, 5) is 21.2. The Kier molecular flexibility index (Phi) is 77.5. The lowest BCUT2D eigenvalue weighted by Crippen LogP contribution is -2.37. The van der Waals surface area contributed by atoms with Gasteiger partial charge in [0.05, 0.1) is 0 Å². The summed E-state index contributed by atoms with van der Waals surface area (Å²) in [6, 6.07) is 0. The molecule has 0 aliphatic carbocycles. The third-order valence-corrected chi connectivity index (χ3v) is 3.00. The summed E-state index contributed by atoms with van der Waals surface area (Å²) in [7, 11) is 0. The van der Waals surface area contributed by atoms with Crippen molar-refractivity contribution in [2.75, 3.05) is 18.8 Å². The molecule has 0 saturated carbocycles. The Hall–Kier alpha value is -1.83. The first-order chi connectivity index (χ1) is 16.3. The predicted octanol–water partition coefficient (Wildman–Crippen LogP) is 6.70. The van der Waals surface area contributed by atoms with Crippen LogP contribution in [-0.4, -0.2) is 30.7 Å². The largest absolute Gasteiger partial charge is 0.292 e. The lowest BCUT2D eigenvalue weighted by Gasteiger charge is -2.01. The molecule has 0 aromatic rings. The van der Waals surface area contributed by atoms with E-state index in [1.807, 2.05) is 45.1 Å². The third-order valence-electron chi connectivity index (χ3n) is 2.78. The number of allylic oxidation sites excluding steroid dienone is 4. The number of rotatable bonds is 12. The molecule has 0 fully saturated rings. The molecule has 0 radical (unpaired) electrons. The standard InChI is InChI=1S/C6H14N2O.C5H12N2OS.4C4H8/c1-3-5-6(9)8-7-4-2;1-2-6-7-5(8)3-4-9;4*1-3-4-2/h7H,3-5H2,1-2H3,(H,8,9);6,9H,2-4H2,1H3,(H,7,8);4*3H,1,4H2,2H3. The summed E-state index contributed by atoms with van der Waals surface area (Å²) in [6.45, 7) is 29.5. The maximum absolute atomic E-state index is 10.6. The molecular formula is C27H58N4O2S. The highest BCUT2D eigenvalue weighted by atomic mass is 32.1. The second kappa shape index (κ2) is 57.7. The summed E-state index contributed by atoms with van der Waals surface area (Å²) < 4.78 is 0. The molecule has 0 unspecified atom stereocenters. The van der Waals surface area contributed by atoms with E-state index in [-0.39, 0.29) is 11.8 Å². The smallest absolute Gasteiger partial charge is 0.234 e. The Morgan fingerprint density at radius 1 is 0.618 bits per heavy atom. The van der Waals surface area contributed by atoms with E-state index in [0.29, 0.717) is 18.6 Å². The summed E-state index contributed by atoms with van der Waals surface area (Å²) in [6.07, 6.45) is 13.8. The summed E-state index contributed by atoms with van der Waals surface area (Å²) in [5, 5.41) is 0. The Morgan fingerprint density at radius 2 is 0.882 bits per heavy atom. The van der Waals surface area contributed by atoms with Gasteiger partial charge in [-0.1, -0.05) is 72.8 Å². The van der Waals surface area contributed by atoms with Crippen LogP contribution in [0.1, 0.15) is 93.4 Å². The Bertz CT molecular complexity index is 363. The molecule has 0 rings (SSSR count). The van der Waals surface area contributed by atoms with E-state index in [1.54, 1.807) is 0 Å². The van der Waals surface area contributed by atoms with Gasteiger partial charge in [-0.3, -0.25) is 20.4 Å². The predicted molar refractivity (Wildman–Crippen MR) is 159 cm³/mol. The fraction of sp³-hybridized carbons (Fsp3) is 0.630. The van der Waals surface area contributed by atoms with Gasteiger partial charge in [-0.15, -0.1) is 26.3 Å². The van der Waals surface area contributed by atoms with Crippen molar-refractivity contribution in [1.29, 1.82) is 0 Å². The molecule has 2 amide bonds. The number of carbonyl (C=O) groups is 2. The first kappa shape index (κ1) is 45.6. The van der Waals surface area contributed by atoms with Crippen molar-refractivity contribution < 1.29 is 9.59 Å². The van der Waals surface area contributed by atoms with E-state index in [2.05, 4.69) is 88.3 Å². The van der Waals surface area contributed by atoms with Crippen LogP contribution in [0.25, 0.3) is 0 Å². The van der Waals surface area contributed by atoms with Crippen molar-refractivity contribution in [2.45, 2.75) is 93.4 Å². The number of hydrogen-bond donors (Lipinski definition) is 5. The average molecular weight is 503 g/mol. The van der Waals surface area contributed by atoms with Gasteiger partial charge in [-0.25, -0.2) is 10.9 Å². The molecular weight excluding hydrogens is 444 g/mol. The molecule has 0 saturated heterocycles. The molecule has 0 atom stereocenters. The molecule has 4 N–H and O–H groups in total. The molecule has 0 bridgehead atoms. The van der Waals surface area contributed by atoms with E-state index >= 15 is 0 Å². The van der Waals surface area contributed by atoms with Gasteiger partial charge < -0.3 is 0 Å². The Labute approximate surface area is 218 Å². The van der Waals surface area contributed by atoms with Crippen molar-refractivity contribution in [1.82, 2.24) is 21.7 Å². The van der Waals surface area contributed by atoms with Gasteiger partial charge in [-0.05, 0) is 37.9 Å². The minimum atomic E-state index is -0.00755. The van der Waals surface area contributed by atoms with Gasteiger partial charge in [0.2, 0.25) is 11.8 Å². The van der Waals surface area contributed by atoms with Crippen LogP contribution in [0.4, 0.5) is 0 Å². The van der Waals surface area contributed by atoms with E-state index in [1.165, 1.54) is 0 Å². The van der Waals surface area contributed by atoms with Crippen molar-refractivity contribution in [3.05, 3.63) is 50.6 Å². The first-order valence-corrected chi connectivity index (χ1v) is 13.0. The van der Waals surface area contributed by atoms with Crippen molar-refractivity contribution in [2.24, 2.45) is 0 Å². The van der Waals surface area contributed by atoms with Crippen LogP contribution in [-0.2, 0) is 9.59 Å². The topological polar surface area (TPSA) is 82.3 Å². The fourth-order valence-electron chi connectivity index (χ4n) is 0.828. The quantitative estimate of drug-likeness (QED) is 0.117. The van der Waals surface area contributed by atoms with Crippen LogP contribution in [0.3, 0.4) is 0 Å². The molecule has 0 aromatic carbocycles. The van der Waals surface area contributed by atoms with Gasteiger partial charge in [0.1, 0.15) is 0 Å². The number of nitrogens with one attached hydrogen (secondary N) is 4. The highest BCUT2D eigenvalue weighted by Crippen LogP contribution is 1.82. The van der Waals surface area contributed by atoms with Crippen LogP contribution < -0.4 is 21.7 Å². The van der Waals surface area contributed by atoms with Crippen LogP contribution in [0.2, 0.25) is 0 Å². The van der Waals surface area contributed by atoms with Crippen molar-refractivity contribution >= 4 is 24.4 Å². The second-order valence-electron chi connectivity index (χ2n) is 6.17. The van der Waals surface area contributed by atoms with Gasteiger partial charge in [-0.2, -0.15) is 12.6 Å². The van der Waals surface area contributed by atoms with Crippen molar-refractivity contribution in [3.63, 3.8) is 0 Å². The number of hydrogen-bond acceptors (Lipinski definition) is 5. The molecule has 0 aliphatic rings. The Morgan fingerprint density at radius 3 is 1.06 bits per heavy atom. The summed E-state index contributed by atoms with van der Waals surface area (Å²) >= 11 is 3.89. The van der Waals surface area contributed by atoms with E-state index < -0.39 is 0 Å². The normalized spacial score (nSPS) is 7.76. The van der Waals surface area contributed by atoms with E-state index in [9.17, 15) is 9.59 Å². The zero-order valence-electron chi connectivity index (χ0n) is 23.5. The lowest BCUT2D eigenvalue weighted by atomic mass is 10.3. The zero-order valence-corrected chi connectivity index (χ0v) is 24.4. The van der Waals surface area contributed by atoms with E-state index in [4.69, 9.17) is 0 Å². The van der Waals surface area contributed by atoms with Gasteiger partial charge in [0, 0.05) is 25.9 Å². The van der Waals surface area contributed by atoms with E-state index in [0.717, 1.165) is 45.2 Å². The van der Waals surface area contributed by atoms with Gasteiger partial charge >= 0.3 is 0 Å². The maximum atomic E-state index is 10.6. The van der Waals surface area contributed by atoms with Crippen LogP contribution >= 0.6 is 12.6 Å². The number of hydrazine groups is 2. The molecule has 7 heteroatoms. The summed E-state index contributed by atoms with van der Waals surface area (Å²) in [5.41, 5.74) is 10.5. The molecule has 0 aromatic heterocycles. The highest BCUT2D eigenvalue weighted by molar-refractivity contribution is 7.80. The fourth-order valence-corrected chi connectivity index (χ4v) is 1.03. The Balaban J connectivity index is -0.0000000728. The second-order valence-corrected chi connectivity index (χ2v) is 6.62. The van der Waals surface area contributed by atoms with Crippen LogP contribution in [0, 0.1) is 0 Å². The SMILES string of the molecule is C=CCC.C=CCC.C=CCC.C=CCC.CCCC(=O)NNCC.CCNNC(=O)CCS. The number of amides is 2. The maximum Gasteiger partial charge on any atom is 0.234 e. The minimum Gasteiger partial charge on any atom is -0.292 e. The van der Waals surface area contributed by atoms with Crippen LogP contribution in [0.5, 0.6) is 0 Å². The zero-order chi connectivity index (χ0) is 27.9. The molecule has 0 spiro atoms. The van der Waals surface area contributed by atoms with Gasteiger partial charge in [0.15, 0.2) is 0 Å².